The minimum atomic E-state index is -0.151. The van der Waals surface area contributed by atoms with E-state index in [0.717, 1.165) is 35.7 Å². The molecule has 1 amide bonds. The molecule has 4 nitrogen and oxygen atoms in total. The molecule has 102 valence electrons. The van der Waals surface area contributed by atoms with Gasteiger partial charge in [0.2, 0.25) is 0 Å². The molecule has 1 aromatic heterocycles. The van der Waals surface area contributed by atoms with Crippen LogP contribution in [0.3, 0.4) is 0 Å². The predicted molar refractivity (Wildman–Crippen MR) is 78.5 cm³/mol. The van der Waals surface area contributed by atoms with E-state index in [-0.39, 0.29) is 5.91 Å². The number of aromatic nitrogens is 1. The van der Waals surface area contributed by atoms with Gasteiger partial charge in [0.25, 0.3) is 5.91 Å². The zero-order valence-corrected chi connectivity index (χ0v) is 11.1. The van der Waals surface area contributed by atoms with Gasteiger partial charge < -0.3 is 10.3 Å². The Bertz CT molecular complexity index is 697. The number of aldehydes is 1. The number of benzene rings is 1. The van der Waals surface area contributed by atoms with Crippen molar-refractivity contribution in [1.29, 1.82) is 0 Å². The molecule has 0 spiro atoms. The first kappa shape index (κ1) is 12.7. The number of allylic oxidation sites excluding steroid dienone is 1. The highest BCUT2D eigenvalue weighted by molar-refractivity contribution is 6.07. The first-order chi connectivity index (χ1) is 9.78. The largest absolute Gasteiger partial charge is 0.361 e. The molecule has 3 rings (SSSR count). The Morgan fingerprint density at radius 2 is 2.05 bits per heavy atom. The molecular weight excluding hydrogens is 252 g/mol. The number of nitrogens with one attached hydrogen (secondary N) is 2. The van der Waals surface area contributed by atoms with Crippen LogP contribution in [0.15, 0.2) is 41.6 Å². The molecule has 1 heterocycles. The third kappa shape index (κ3) is 2.37. The lowest BCUT2D eigenvalue weighted by Gasteiger charge is -2.16. The van der Waals surface area contributed by atoms with Crippen molar-refractivity contribution in [1.82, 2.24) is 4.98 Å². The van der Waals surface area contributed by atoms with Gasteiger partial charge in [0, 0.05) is 33.9 Å². The number of hydrogen-bond acceptors (Lipinski definition) is 2. The molecule has 1 aliphatic rings. The number of hydrogen-bond donors (Lipinski definition) is 2. The van der Waals surface area contributed by atoms with Crippen molar-refractivity contribution in [3.05, 3.63) is 41.6 Å². The molecule has 0 radical (unpaired) electrons. The van der Waals surface area contributed by atoms with Gasteiger partial charge in [-0.15, -0.1) is 0 Å². The van der Waals surface area contributed by atoms with Crippen LogP contribution in [-0.4, -0.2) is 17.2 Å². The van der Waals surface area contributed by atoms with E-state index in [0.29, 0.717) is 24.0 Å². The maximum absolute atomic E-state index is 12.3. The van der Waals surface area contributed by atoms with Crippen LogP contribution >= 0.6 is 0 Å². The third-order valence-electron chi connectivity index (χ3n) is 3.74. The fraction of sp³-hybridized carbons (Fsp3) is 0.250. The Labute approximate surface area is 116 Å². The van der Waals surface area contributed by atoms with Gasteiger partial charge in [0.05, 0.1) is 0 Å². The van der Waals surface area contributed by atoms with Crippen LogP contribution < -0.4 is 5.32 Å². The number of H-pyrrole nitrogens is 1. The van der Waals surface area contributed by atoms with E-state index in [4.69, 9.17) is 0 Å². The van der Waals surface area contributed by atoms with E-state index in [2.05, 4.69) is 10.3 Å². The summed E-state index contributed by atoms with van der Waals surface area (Å²) in [5.41, 5.74) is 3.08. The average Bonchev–Trinajstić information content (AvgIpc) is 2.94. The maximum atomic E-state index is 12.3. The van der Waals surface area contributed by atoms with Crippen molar-refractivity contribution in [3.8, 4) is 0 Å². The van der Waals surface area contributed by atoms with Crippen LogP contribution in [0.25, 0.3) is 10.9 Å². The summed E-state index contributed by atoms with van der Waals surface area (Å²) in [6.07, 6.45) is 6.04. The maximum Gasteiger partial charge on any atom is 0.251 e. The van der Waals surface area contributed by atoms with Crippen LogP contribution in [0.5, 0.6) is 0 Å². The van der Waals surface area contributed by atoms with Gasteiger partial charge in [-0.2, -0.15) is 0 Å². The van der Waals surface area contributed by atoms with E-state index < -0.39 is 0 Å². The number of amides is 1. The van der Waals surface area contributed by atoms with Gasteiger partial charge in [-0.3, -0.25) is 9.59 Å². The van der Waals surface area contributed by atoms with E-state index >= 15 is 0 Å². The number of fused-ring (bicyclic) bond motifs is 1. The zero-order chi connectivity index (χ0) is 13.9. The predicted octanol–water partition coefficient (Wildman–Crippen LogP) is 3.18. The Hall–Kier alpha value is -2.36. The molecule has 0 bridgehead atoms. The Morgan fingerprint density at radius 1 is 1.20 bits per heavy atom. The Kier molecular flexibility index (Phi) is 3.37. The summed E-state index contributed by atoms with van der Waals surface area (Å²) < 4.78 is 0. The number of aromatic amines is 1. The van der Waals surface area contributed by atoms with Gasteiger partial charge in [0.15, 0.2) is 0 Å². The summed E-state index contributed by atoms with van der Waals surface area (Å²) in [7, 11) is 0. The summed E-state index contributed by atoms with van der Waals surface area (Å²) in [5.74, 6) is -0.151. The highest BCUT2D eigenvalue weighted by atomic mass is 16.1. The molecule has 20 heavy (non-hydrogen) atoms. The topological polar surface area (TPSA) is 62.0 Å². The third-order valence-corrected chi connectivity index (χ3v) is 3.74. The summed E-state index contributed by atoms with van der Waals surface area (Å²) in [6, 6.07) is 7.68. The molecule has 1 aromatic carbocycles. The second-order valence-corrected chi connectivity index (χ2v) is 5.06. The first-order valence-electron chi connectivity index (χ1n) is 6.83. The smallest absolute Gasteiger partial charge is 0.251 e. The van der Waals surface area contributed by atoms with Gasteiger partial charge in [0.1, 0.15) is 6.29 Å². The molecule has 0 aliphatic heterocycles. The van der Waals surface area contributed by atoms with Crippen LogP contribution in [0.1, 0.15) is 25.7 Å². The highest BCUT2D eigenvalue weighted by Crippen LogP contribution is 2.25. The molecule has 0 fully saturated rings. The summed E-state index contributed by atoms with van der Waals surface area (Å²) in [5, 5.41) is 3.94. The second kappa shape index (κ2) is 5.33. The van der Waals surface area contributed by atoms with Crippen LogP contribution in [-0.2, 0) is 9.59 Å². The first-order valence-corrected chi connectivity index (χ1v) is 6.83. The molecule has 0 saturated heterocycles. The lowest BCUT2D eigenvalue weighted by Crippen LogP contribution is -2.18. The molecular formula is C16H16N2O2. The van der Waals surface area contributed by atoms with Crippen molar-refractivity contribution in [2.24, 2.45) is 0 Å². The molecule has 2 N–H and O–H groups in total. The number of carbonyl (C=O) groups is 2. The van der Waals surface area contributed by atoms with Crippen molar-refractivity contribution in [2.75, 3.05) is 5.32 Å². The molecule has 0 unspecified atom stereocenters. The van der Waals surface area contributed by atoms with Crippen LogP contribution in [0.2, 0.25) is 0 Å². The van der Waals surface area contributed by atoms with Crippen molar-refractivity contribution in [2.45, 2.75) is 25.7 Å². The monoisotopic (exact) mass is 268 g/mol. The van der Waals surface area contributed by atoms with E-state index in [1.807, 2.05) is 30.5 Å². The Morgan fingerprint density at radius 3 is 2.90 bits per heavy atom. The van der Waals surface area contributed by atoms with Crippen molar-refractivity contribution in [3.63, 3.8) is 0 Å². The lowest BCUT2D eigenvalue weighted by molar-refractivity contribution is -0.113. The fourth-order valence-electron chi connectivity index (χ4n) is 2.66. The minimum Gasteiger partial charge on any atom is -0.361 e. The second-order valence-electron chi connectivity index (χ2n) is 5.06. The average molecular weight is 268 g/mol. The van der Waals surface area contributed by atoms with E-state index in [1.54, 1.807) is 0 Å². The summed E-state index contributed by atoms with van der Waals surface area (Å²) >= 11 is 0. The van der Waals surface area contributed by atoms with Crippen molar-refractivity contribution < 1.29 is 9.59 Å². The molecule has 1 aliphatic carbocycles. The Balaban J connectivity index is 1.84. The minimum absolute atomic E-state index is 0.151. The zero-order valence-electron chi connectivity index (χ0n) is 11.1. The van der Waals surface area contributed by atoms with Crippen LogP contribution in [0.4, 0.5) is 5.69 Å². The fourth-order valence-corrected chi connectivity index (χ4v) is 2.66. The van der Waals surface area contributed by atoms with Gasteiger partial charge in [-0.25, -0.2) is 0 Å². The van der Waals surface area contributed by atoms with Gasteiger partial charge >= 0.3 is 0 Å². The standard InChI is InChI=1S/C16H16N2O2/c19-10-12-3-1-2-4-14(12)16(20)18-13-5-6-15-11(9-13)7-8-17-15/h5-10,17H,1-4H2,(H,18,20). The van der Waals surface area contributed by atoms with Crippen LogP contribution in [0, 0.1) is 0 Å². The summed E-state index contributed by atoms with van der Waals surface area (Å²) in [6.45, 7) is 0. The highest BCUT2D eigenvalue weighted by Gasteiger charge is 2.18. The van der Waals surface area contributed by atoms with E-state index in [9.17, 15) is 9.59 Å². The van der Waals surface area contributed by atoms with Crippen molar-refractivity contribution >= 4 is 28.8 Å². The summed E-state index contributed by atoms with van der Waals surface area (Å²) in [4.78, 5) is 26.4. The molecule has 4 heteroatoms. The molecule has 0 saturated carbocycles. The molecule has 2 aromatic rings. The van der Waals surface area contributed by atoms with Gasteiger partial charge in [-0.1, -0.05) is 0 Å². The van der Waals surface area contributed by atoms with E-state index in [1.165, 1.54) is 0 Å². The number of anilines is 1. The number of rotatable bonds is 3. The normalized spacial score (nSPS) is 15.4. The quantitative estimate of drug-likeness (QED) is 0.840. The number of carbonyl (C=O) groups excluding carboxylic acids is 2. The SMILES string of the molecule is O=CC1=C(C(=O)Nc2ccc3[nH]ccc3c2)CCCC1. The lowest BCUT2D eigenvalue weighted by atomic mass is 9.92. The van der Waals surface area contributed by atoms with Gasteiger partial charge in [-0.05, 0) is 49.9 Å². The molecule has 0 atom stereocenters.